The molecule has 0 aliphatic rings. The highest BCUT2D eigenvalue weighted by atomic mass is 35.5. The first kappa shape index (κ1) is 19.9. The van der Waals surface area contributed by atoms with Crippen LogP contribution in [-0.4, -0.2) is 10.1 Å². The van der Waals surface area contributed by atoms with Crippen LogP contribution in [0.1, 0.15) is 11.3 Å². The van der Waals surface area contributed by atoms with Crippen molar-refractivity contribution in [3.8, 4) is 33.1 Å². The second kappa shape index (κ2) is 7.48. The average Bonchev–Trinajstić information content (AvgIpc) is 3.28. The SMILES string of the molecule is Cc1onc(-c2ccc(Cl)cc2Cl)c1-c1csc(-c2ccc(C(F)(F)F)cc2)n1. The number of alkyl halides is 3. The topological polar surface area (TPSA) is 38.9 Å². The molecule has 0 amide bonds. The van der Waals surface area contributed by atoms with Gasteiger partial charge in [-0.25, -0.2) is 4.98 Å². The van der Waals surface area contributed by atoms with E-state index in [1.165, 1.54) is 23.5 Å². The van der Waals surface area contributed by atoms with Crippen LogP contribution in [-0.2, 0) is 6.18 Å². The van der Waals surface area contributed by atoms with E-state index in [2.05, 4.69) is 10.1 Å². The molecule has 0 fully saturated rings. The Labute approximate surface area is 177 Å². The van der Waals surface area contributed by atoms with Gasteiger partial charge in [-0.3, -0.25) is 0 Å². The number of halogens is 5. The monoisotopic (exact) mass is 454 g/mol. The molecule has 0 radical (unpaired) electrons. The number of nitrogens with zero attached hydrogens (tertiary/aromatic N) is 2. The third-order valence-electron chi connectivity index (χ3n) is 4.27. The first-order chi connectivity index (χ1) is 13.7. The number of hydrogen-bond donors (Lipinski definition) is 0. The maximum atomic E-state index is 12.8. The van der Waals surface area contributed by atoms with Crippen molar-refractivity contribution in [3.63, 3.8) is 0 Å². The second-order valence-corrected chi connectivity index (χ2v) is 7.90. The van der Waals surface area contributed by atoms with E-state index < -0.39 is 11.7 Å². The van der Waals surface area contributed by atoms with E-state index in [0.29, 0.717) is 48.9 Å². The summed E-state index contributed by atoms with van der Waals surface area (Å²) in [7, 11) is 0. The first-order valence-electron chi connectivity index (χ1n) is 8.29. The van der Waals surface area contributed by atoms with Gasteiger partial charge in [0.1, 0.15) is 16.5 Å². The Morgan fingerprint density at radius 3 is 2.41 bits per heavy atom. The van der Waals surface area contributed by atoms with Gasteiger partial charge in [0, 0.05) is 21.5 Å². The minimum absolute atomic E-state index is 0.422. The molecule has 0 saturated heterocycles. The smallest absolute Gasteiger partial charge is 0.360 e. The van der Waals surface area contributed by atoms with Crippen LogP contribution in [0.25, 0.3) is 33.1 Å². The summed E-state index contributed by atoms with van der Waals surface area (Å²) >= 11 is 13.6. The van der Waals surface area contributed by atoms with Crippen molar-refractivity contribution in [1.29, 1.82) is 0 Å². The van der Waals surface area contributed by atoms with Gasteiger partial charge in [0.05, 0.1) is 21.8 Å². The maximum absolute atomic E-state index is 12.8. The molecule has 0 aliphatic carbocycles. The fourth-order valence-electron chi connectivity index (χ4n) is 2.86. The van der Waals surface area contributed by atoms with Crippen LogP contribution in [0.15, 0.2) is 52.4 Å². The fraction of sp³-hybridized carbons (Fsp3) is 0.100. The number of benzene rings is 2. The number of aryl methyl sites for hydroxylation is 1. The maximum Gasteiger partial charge on any atom is 0.416 e. The van der Waals surface area contributed by atoms with Gasteiger partial charge >= 0.3 is 6.18 Å². The quantitative estimate of drug-likeness (QED) is 0.317. The second-order valence-electron chi connectivity index (χ2n) is 6.20. The summed E-state index contributed by atoms with van der Waals surface area (Å²) < 4.78 is 43.7. The predicted molar refractivity (Wildman–Crippen MR) is 108 cm³/mol. The van der Waals surface area contributed by atoms with Crippen LogP contribution in [0.5, 0.6) is 0 Å². The van der Waals surface area contributed by atoms with Crippen molar-refractivity contribution in [1.82, 2.24) is 10.1 Å². The van der Waals surface area contributed by atoms with Gasteiger partial charge in [0.25, 0.3) is 0 Å². The zero-order chi connectivity index (χ0) is 20.8. The molecular formula is C20H11Cl2F3N2OS. The number of hydrogen-bond acceptors (Lipinski definition) is 4. The molecule has 0 unspecified atom stereocenters. The lowest BCUT2D eigenvalue weighted by atomic mass is 10.0. The molecule has 29 heavy (non-hydrogen) atoms. The standard InChI is InChI=1S/C20H11Cl2F3N2OS/c1-10-17(18(27-28-10)14-7-6-13(21)8-15(14)22)16-9-29-19(26-16)11-2-4-12(5-3-11)20(23,24)25/h2-9H,1H3. The highest BCUT2D eigenvalue weighted by molar-refractivity contribution is 7.13. The number of thiazole rings is 1. The van der Waals surface area contributed by atoms with Gasteiger partial charge in [-0.2, -0.15) is 13.2 Å². The van der Waals surface area contributed by atoms with Gasteiger partial charge in [0.15, 0.2) is 0 Å². The Hall–Kier alpha value is -2.35. The van der Waals surface area contributed by atoms with Gasteiger partial charge in [-0.1, -0.05) is 40.5 Å². The summed E-state index contributed by atoms with van der Waals surface area (Å²) in [6.45, 7) is 1.76. The Bertz CT molecular complexity index is 1180. The molecule has 4 rings (SSSR count). The molecule has 0 N–H and O–H groups in total. The molecule has 3 nitrogen and oxygen atoms in total. The largest absolute Gasteiger partial charge is 0.416 e. The third-order valence-corrected chi connectivity index (χ3v) is 5.71. The van der Waals surface area contributed by atoms with Crippen LogP contribution >= 0.6 is 34.5 Å². The van der Waals surface area contributed by atoms with Crippen LogP contribution in [0, 0.1) is 6.92 Å². The van der Waals surface area contributed by atoms with Gasteiger partial charge in [-0.15, -0.1) is 11.3 Å². The minimum atomic E-state index is -4.38. The molecule has 2 aromatic heterocycles. The highest BCUT2D eigenvalue weighted by Crippen LogP contribution is 2.40. The molecule has 0 saturated carbocycles. The van der Waals surface area contributed by atoms with Crippen molar-refractivity contribution >= 4 is 34.5 Å². The number of rotatable bonds is 3. The Morgan fingerprint density at radius 2 is 1.76 bits per heavy atom. The molecule has 0 aliphatic heterocycles. The zero-order valence-electron chi connectivity index (χ0n) is 14.7. The van der Waals surface area contributed by atoms with E-state index in [1.54, 1.807) is 30.5 Å². The van der Waals surface area contributed by atoms with Crippen molar-refractivity contribution < 1.29 is 17.7 Å². The molecule has 148 valence electrons. The first-order valence-corrected chi connectivity index (χ1v) is 9.93. The zero-order valence-corrected chi connectivity index (χ0v) is 17.0. The lowest BCUT2D eigenvalue weighted by Crippen LogP contribution is -2.03. The predicted octanol–water partition coefficient (Wildman–Crippen LogP) is 7.77. The van der Waals surface area contributed by atoms with Crippen LogP contribution < -0.4 is 0 Å². The summed E-state index contributed by atoms with van der Waals surface area (Å²) in [4.78, 5) is 4.58. The third kappa shape index (κ3) is 3.90. The summed E-state index contributed by atoms with van der Waals surface area (Å²) in [5.41, 5.74) is 2.33. The van der Waals surface area contributed by atoms with Crippen molar-refractivity contribution in [2.24, 2.45) is 0 Å². The summed E-state index contributed by atoms with van der Waals surface area (Å²) in [5.74, 6) is 0.551. The van der Waals surface area contributed by atoms with Crippen LogP contribution in [0.3, 0.4) is 0 Å². The van der Waals surface area contributed by atoms with Crippen LogP contribution in [0.2, 0.25) is 10.0 Å². The molecule has 9 heteroatoms. The summed E-state index contributed by atoms with van der Waals surface area (Å²) in [5, 5.41) is 7.42. The molecule has 2 heterocycles. The fourth-order valence-corrected chi connectivity index (χ4v) is 4.18. The Morgan fingerprint density at radius 1 is 1.03 bits per heavy atom. The Balaban J connectivity index is 1.73. The lowest BCUT2D eigenvalue weighted by Gasteiger charge is -2.06. The summed E-state index contributed by atoms with van der Waals surface area (Å²) in [6, 6.07) is 9.95. The lowest BCUT2D eigenvalue weighted by molar-refractivity contribution is -0.137. The number of aromatic nitrogens is 2. The highest BCUT2D eigenvalue weighted by Gasteiger charge is 2.30. The van der Waals surface area contributed by atoms with Crippen LogP contribution in [0.4, 0.5) is 13.2 Å². The average molecular weight is 455 g/mol. The summed E-state index contributed by atoms with van der Waals surface area (Å²) in [6.07, 6.45) is -4.38. The molecule has 0 atom stereocenters. The van der Waals surface area contributed by atoms with Gasteiger partial charge < -0.3 is 4.52 Å². The van der Waals surface area contributed by atoms with E-state index in [-0.39, 0.29) is 0 Å². The van der Waals surface area contributed by atoms with E-state index in [4.69, 9.17) is 27.7 Å². The van der Waals surface area contributed by atoms with Crippen molar-refractivity contribution in [2.75, 3.05) is 0 Å². The normalized spacial score (nSPS) is 11.8. The molecule has 2 aromatic carbocycles. The van der Waals surface area contributed by atoms with Crippen molar-refractivity contribution in [3.05, 3.63) is 69.2 Å². The van der Waals surface area contributed by atoms with Crippen molar-refractivity contribution in [2.45, 2.75) is 13.1 Å². The Kier molecular flexibility index (Phi) is 5.14. The van der Waals surface area contributed by atoms with Gasteiger partial charge in [-0.05, 0) is 37.3 Å². The molecule has 0 bridgehead atoms. The van der Waals surface area contributed by atoms with E-state index in [9.17, 15) is 13.2 Å². The molecular weight excluding hydrogens is 444 g/mol. The van der Waals surface area contributed by atoms with E-state index in [0.717, 1.165) is 12.1 Å². The molecule has 0 spiro atoms. The minimum Gasteiger partial charge on any atom is -0.360 e. The van der Waals surface area contributed by atoms with E-state index >= 15 is 0 Å². The van der Waals surface area contributed by atoms with E-state index in [1.807, 2.05) is 0 Å². The van der Waals surface area contributed by atoms with Gasteiger partial charge in [0.2, 0.25) is 0 Å². The molecule has 4 aromatic rings.